The quantitative estimate of drug-likeness (QED) is 0.888. The van der Waals surface area contributed by atoms with Crippen molar-refractivity contribution in [3.05, 3.63) is 36.0 Å². The molecule has 2 unspecified atom stereocenters. The van der Waals surface area contributed by atoms with Gasteiger partial charge in [0.25, 0.3) is 5.91 Å². The highest BCUT2D eigenvalue weighted by molar-refractivity contribution is 5.94. The summed E-state index contributed by atoms with van der Waals surface area (Å²) in [5.41, 5.74) is 2.05. The number of benzene rings is 1. The standard InChI is InChI=1S/C16H17N3O2/c1-16-7-10(16)8-19(9-16)15(21)13-6-12(17-18-13)11-4-2-3-5-14(11)20/h2-6,10,20H,7-9H2,1H3,(H,17,18). The Morgan fingerprint density at radius 1 is 1.48 bits per heavy atom. The molecule has 2 fully saturated rings. The third-order valence-corrected chi connectivity index (χ3v) is 4.81. The Balaban J connectivity index is 1.57. The van der Waals surface area contributed by atoms with Crippen molar-refractivity contribution in [1.29, 1.82) is 0 Å². The second kappa shape index (κ2) is 4.10. The van der Waals surface area contributed by atoms with Gasteiger partial charge in [-0.2, -0.15) is 5.10 Å². The molecule has 2 aromatic rings. The Labute approximate surface area is 122 Å². The Morgan fingerprint density at radius 3 is 3.00 bits per heavy atom. The number of aromatic hydroxyl groups is 1. The van der Waals surface area contributed by atoms with Crippen molar-refractivity contribution in [3.8, 4) is 17.0 Å². The van der Waals surface area contributed by atoms with Gasteiger partial charge in [0.2, 0.25) is 0 Å². The summed E-state index contributed by atoms with van der Waals surface area (Å²) in [6.45, 7) is 3.92. The minimum Gasteiger partial charge on any atom is -0.507 e. The molecule has 4 rings (SSSR count). The van der Waals surface area contributed by atoms with Crippen molar-refractivity contribution in [2.24, 2.45) is 11.3 Å². The predicted molar refractivity (Wildman–Crippen MR) is 77.8 cm³/mol. The number of H-pyrrole nitrogens is 1. The van der Waals surface area contributed by atoms with E-state index in [1.165, 1.54) is 6.42 Å². The number of piperidine rings is 1. The van der Waals surface area contributed by atoms with E-state index in [4.69, 9.17) is 0 Å². The number of phenols is 1. The fourth-order valence-electron chi connectivity index (χ4n) is 3.33. The van der Waals surface area contributed by atoms with Crippen LogP contribution in [0.15, 0.2) is 30.3 Å². The molecule has 1 aromatic carbocycles. The minimum atomic E-state index is -0.00223. The van der Waals surface area contributed by atoms with Crippen molar-refractivity contribution in [2.75, 3.05) is 13.1 Å². The van der Waals surface area contributed by atoms with Crippen molar-refractivity contribution < 1.29 is 9.90 Å². The zero-order valence-electron chi connectivity index (χ0n) is 11.8. The molecule has 1 amide bonds. The van der Waals surface area contributed by atoms with E-state index in [2.05, 4.69) is 17.1 Å². The molecule has 1 aliphatic heterocycles. The number of carbonyl (C=O) groups excluding carboxylic acids is 1. The van der Waals surface area contributed by atoms with E-state index in [9.17, 15) is 9.90 Å². The average Bonchev–Trinajstić information content (AvgIpc) is 2.84. The van der Waals surface area contributed by atoms with Crippen LogP contribution < -0.4 is 0 Å². The summed E-state index contributed by atoms with van der Waals surface area (Å²) in [5, 5.41) is 16.8. The number of amides is 1. The third kappa shape index (κ3) is 1.92. The molecule has 2 heterocycles. The van der Waals surface area contributed by atoms with Crippen LogP contribution in [-0.2, 0) is 0 Å². The Morgan fingerprint density at radius 2 is 2.29 bits per heavy atom. The molecule has 0 spiro atoms. The number of hydrogen-bond acceptors (Lipinski definition) is 3. The molecular formula is C16H17N3O2. The first-order valence-electron chi connectivity index (χ1n) is 7.20. The Hall–Kier alpha value is -2.30. The van der Waals surface area contributed by atoms with E-state index < -0.39 is 0 Å². The fraction of sp³-hybridized carbons (Fsp3) is 0.375. The number of hydrogen-bond donors (Lipinski definition) is 2. The maximum atomic E-state index is 12.5. The lowest BCUT2D eigenvalue weighted by molar-refractivity contribution is 0.0761. The molecule has 2 N–H and O–H groups in total. The van der Waals surface area contributed by atoms with Crippen LogP contribution in [0.3, 0.4) is 0 Å². The largest absolute Gasteiger partial charge is 0.507 e. The number of aromatic nitrogens is 2. The number of rotatable bonds is 2. The van der Waals surface area contributed by atoms with E-state index in [1.807, 2.05) is 11.0 Å². The number of fused-ring (bicyclic) bond motifs is 1. The maximum absolute atomic E-state index is 12.5. The molecule has 2 atom stereocenters. The number of nitrogens with zero attached hydrogens (tertiary/aromatic N) is 2. The lowest BCUT2D eigenvalue weighted by Crippen LogP contribution is -2.31. The molecule has 108 valence electrons. The molecule has 2 aliphatic rings. The van der Waals surface area contributed by atoms with Gasteiger partial charge in [0.1, 0.15) is 11.4 Å². The van der Waals surface area contributed by atoms with Crippen LogP contribution in [0.4, 0.5) is 0 Å². The molecule has 1 aromatic heterocycles. The van der Waals surface area contributed by atoms with Gasteiger partial charge in [0, 0.05) is 18.7 Å². The molecule has 0 radical (unpaired) electrons. The number of aromatic amines is 1. The monoisotopic (exact) mass is 283 g/mol. The molecule has 1 saturated carbocycles. The number of carbonyl (C=O) groups is 1. The highest BCUT2D eigenvalue weighted by Gasteiger charge is 2.57. The number of nitrogens with one attached hydrogen (secondary N) is 1. The second-order valence-corrected chi connectivity index (χ2v) is 6.42. The molecule has 21 heavy (non-hydrogen) atoms. The van der Waals surface area contributed by atoms with Crippen LogP contribution in [0.2, 0.25) is 0 Å². The van der Waals surface area contributed by atoms with Gasteiger partial charge < -0.3 is 10.0 Å². The van der Waals surface area contributed by atoms with E-state index in [1.54, 1.807) is 24.3 Å². The summed E-state index contributed by atoms with van der Waals surface area (Å²) in [5.74, 6) is 0.831. The summed E-state index contributed by atoms with van der Waals surface area (Å²) in [7, 11) is 0. The third-order valence-electron chi connectivity index (χ3n) is 4.81. The molecule has 1 saturated heterocycles. The van der Waals surface area contributed by atoms with Gasteiger partial charge in [-0.3, -0.25) is 9.89 Å². The van der Waals surface area contributed by atoms with Crippen molar-refractivity contribution in [2.45, 2.75) is 13.3 Å². The smallest absolute Gasteiger partial charge is 0.271 e. The van der Waals surface area contributed by atoms with Gasteiger partial charge in [-0.05, 0) is 36.0 Å². The Bertz CT molecular complexity index is 724. The van der Waals surface area contributed by atoms with Crippen LogP contribution in [0.1, 0.15) is 23.8 Å². The SMILES string of the molecule is CC12CC1CN(C(=O)c1cc(-c3ccccc3O)n[nH]1)C2. The summed E-state index contributed by atoms with van der Waals surface area (Å²) in [6.07, 6.45) is 1.24. The topological polar surface area (TPSA) is 69.2 Å². The van der Waals surface area contributed by atoms with E-state index in [-0.39, 0.29) is 11.7 Å². The van der Waals surface area contributed by atoms with Crippen LogP contribution in [-0.4, -0.2) is 39.2 Å². The maximum Gasteiger partial charge on any atom is 0.271 e. The predicted octanol–water partition coefficient (Wildman–Crippen LogP) is 2.26. The van der Waals surface area contributed by atoms with Crippen LogP contribution >= 0.6 is 0 Å². The zero-order valence-corrected chi connectivity index (χ0v) is 11.8. The fourth-order valence-corrected chi connectivity index (χ4v) is 3.33. The molecule has 5 nitrogen and oxygen atoms in total. The number of para-hydroxylation sites is 1. The molecule has 0 bridgehead atoms. The summed E-state index contributed by atoms with van der Waals surface area (Å²) in [4.78, 5) is 14.4. The second-order valence-electron chi connectivity index (χ2n) is 6.42. The first-order chi connectivity index (χ1) is 10.1. The number of phenolic OH excluding ortho intramolecular Hbond substituents is 1. The van der Waals surface area contributed by atoms with E-state index in [0.717, 1.165) is 13.1 Å². The van der Waals surface area contributed by atoms with Crippen molar-refractivity contribution in [3.63, 3.8) is 0 Å². The van der Waals surface area contributed by atoms with Gasteiger partial charge in [-0.1, -0.05) is 19.1 Å². The van der Waals surface area contributed by atoms with Crippen molar-refractivity contribution >= 4 is 5.91 Å². The van der Waals surface area contributed by atoms with Crippen LogP contribution in [0.25, 0.3) is 11.3 Å². The lowest BCUT2D eigenvalue weighted by Gasteiger charge is -2.18. The highest BCUT2D eigenvalue weighted by Crippen LogP contribution is 2.57. The van der Waals surface area contributed by atoms with Gasteiger partial charge >= 0.3 is 0 Å². The summed E-state index contributed by atoms with van der Waals surface area (Å²) in [6, 6.07) is 8.70. The molecule has 5 heteroatoms. The van der Waals surface area contributed by atoms with Gasteiger partial charge in [-0.15, -0.1) is 0 Å². The summed E-state index contributed by atoms with van der Waals surface area (Å²) >= 11 is 0. The zero-order chi connectivity index (χ0) is 14.6. The van der Waals surface area contributed by atoms with E-state index in [0.29, 0.717) is 28.3 Å². The van der Waals surface area contributed by atoms with Gasteiger partial charge in [-0.25, -0.2) is 0 Å². The highest BCUT2D eigenvalue weighted by atomic mass is 16.3. The van der Waals surface area contributed by atoms with E-state index >= 15 is 0 Å². The van der Waals surface area contributed by atoms with Gasteiger partial charge in [0.15, 0.2) is 0 Å². The Kier molecular flexibility index (Phi) is 2.43. The van der Waals surface area contributed by atoms with Crippen molar-refractivity contribution in [1.82, 2.24) is 15.1 Å². The molecule has 1 aliphatic carbocycles. The first-order valence-corrected chi connectivity index (χ1v) is 7.20. The first kappa shape index (κ1) is 12.4. The van der Waals surface area contributed by atoms with Crippen LogP contribution in [0, 0.1) is 11.3 Å². The average molecular weight is 283 g/mol. The normalized spacial score (nSPS) is 26.7. The minimum absolute atomic E-state index is 0.00223. The molecular weight excluding hydrogens is 266 g/mol. The van der Waals surface area contributed by atoms with Crippen LogP contribution in [0.5, 0.6) is 5.75 Å². The lowest BCUT2D eigenvalue weighted by atomic mass is 10.1. The summed E-state index contributed by atoms with van der Waals surface area (Å²) < 4.78 is 0. The van der Waals surface area contributed by atoms with Gasteiger partial charge in [0.05, 0.1) is 5.69 Å². The number of likely N-dealkylation sites (tertiary alicyclic amines) is 1.